The van der Waals surface area contributed by atoms with E-state index in [4.69, 9.17) is 25.4 Å². The van der Waals surface area contributed by atoms with Crippen molar-refractivity contribution in [1.82, 2.24) is 10.6 Å². The highest BCUT2D eigenvalue weighted by Gasteiger charge is 2.59. The van der Waals surface area contributed by atoms with Crippen LogP contribution in [0.4, 0.5) is 10.5 Å². The Bertz CT molecular complexity index is 1770. The first-order valence-electron chi connectivity index (χ1n) is 23.1. The van der Waals surface area contributed by atoms with Crippen LogP contribution in [0.5, 0.6) is 11.5 Å². The standard InChI is InChI=1S/C49H73N3O9/c1-9-10-11-17-46(54)60-34(5)38-30-43(58-8)44(31-42(38)52(56)57)59-28-13-16-45(53)50-26-27-51-47(55)61-36-22-24-48(6)35(29-36)18-19-37-40-21-20-39(33(4)15-12-14-32(2)3)49(40,7)25-23-41(37)48/h1,18,30-34,36-37,39-41H,10-17,19-29H2,2-8H3,(H,50,53)(H,51,55)/t33-,34?,36+,37+,39-,40+,41+,48+,49-/m1/s1. The summed E-state index contributed by atoms with van der Waals surface area (Å²) in [6.45, 7) is 14.5. The fraction of sp³-hybridized carbons (Fsp3) is 0.735. The van der Waals surface area contributed by atoms with Crippen LogP contribution >= 0.6 is 0 Å². The Morgan fingerprint density at radius 1 is 0.951 bits per heavy atom. The molecule has 3 fully saturated rings. The fourth-order valence-electron chi connectivity index (χ4n) is 11.8. The largest absolute Gasteiger partial charge is 0.493 e. The van der Waals surface area contributed by atoms with Crippen LogP contribution in [-0.2, 0) is 19.1 Å². The molecule has 0 aromatic heterocycles. The highest BCUT2D eigenvalue weighted by atomic mass is 16.6. The molecule has 3 saturated carbocycles. The lowest BCUT2D eigenvalue weighted by Crippen LogP contribution is -2.51. The monoisotopic (exact) mass is 848 g/mol. The maximum absolute atomic E-state index is 12.8. The van der Waals surface area contributed by atoms with Gasteiger partial charge in [-0.1, -0.05) is 65.5 Å². The number of nitro benzene ring substituents is 1. The molecular formula is C49H73N3O9. The fourth-order valence-corrected chi connectivity index (χ4v) is 11.8. The molecule has 12 heteroatoms. The first-order chi connectivity index (χ1) is 29.1. The van der Waals surface area contributed by atoms with E-state index in [1.54, 1.807) is 6.92 Å². The maximum atomic E-state index is 12.8. The quantitative estimate of drug-likeness (QED) is 0.0307. The molecule has 2 amide bonds. The zero-order valence-electron chi connectivity index (χ0n) is 38.0. The minimum atomic E-state index is -0.903. The molecule has 0 bridgehead atoms. The van der Waals surface area contributed by atoms with Crippen LogP contribution in [0, 0.1) is 68.8 Å². The van der Waals surface area contributed by atoms with Crippen LogP contribution in [0.2, 0.25) is 0 Å². The molecule has 0 radical (unpaired) electrons. The van der Waals surface area contributed by atoms with Crippen LogP contribution in [0.1, 0.15) is 156 Å². The van der Waals surface area contributed by atoms with Gasteiger partial charge in [-0.2, -0.15) is 0 Å². The number of unbranched alkanes of at least 4 members (excludes halogenated alkanes) is 1. The third-order valence-corrected chi connectivity index (χ3v) is 15.0. The molecule has 1 aromatic carbocycles. The van der Waals surface area contributed by atoms with Gasteiger partial charge >= 0.3 is 12.1 Å². The number of ether oxygens (including phenoxy) is 4. The number of benzene rings is 1. The van der Waals surface area contributed by atoms with E-state index in [0.29, 0.717) is 30.6 Å². The van der Waals surface area contributed by atoms with Gasteiger partial charge in [0.1, 0.15) is 12.2 Å². The Kier molecular flexibility index (Phi) is 17.0. The van der Waals surface area contributed by atoms with Crippen molar-refractivity contribution in [3.63, 3.8) is 0 Å². The molecule has 4 aliphatic rings. The summed E-state index contributed by atoms with van der Waals surface area (Å²) in [5, 5.41) is 17.5. The van der Waals surface area contributed by atoms with Crippen molar-refractivity contribution < 1.29 is 38.3 Å². The number of esters is 1. The van der Waals surface area contributed by atoms with Gasteiger partial charge < -0.3 is 29.6 Å². The van der Waals surface area contributed by atoms with Crippen molar-refractivity contribution >= 4 is 23.7 Å². The number of nitrogens with one attached hydrogen (secondary N) is 2. The Labute approximate surface area is 364 Å². The predicted molar refractivity (Wildman–Crippen MR) is 236 cm³/mol. The van der Waals surface area contributed by atoms with Crippen molar-refractivity contribution in [3.05, 3.63) is 39.5 Å². The van der Waals surface area contributed by atoms with E-state index < -0.39 is 23.1 Å². The van der Waals surface area contributed by atoms with E-state index in [9.17, 15) is 24.5 Å². The molecule has 1 unspecified atom stereocenters. The summed E-state index contributed by atoms with van der Waals surface area (Å²) in [5.74, 6) is 6.84. The zero-order chi connectivity index (χ0) is 44.3. The number of allylic oxidation sites excluding steroid dienone is 1. The average Bonchev–Trinajstić information content (AvgIpc) is 3.58. The lowest BCUT2D eigenvalue weighted by atomic mass is 9.47. The predicted octanol–water partition coefficient (Wildman–Crippen LogP) is 10.4. The van der Waals surface area contributed by atoms with E-state index in [1.165, 1.54) is 69.8 Å². The first kappa shape index (κ1) is 47.8. The number of carbonyl (C=O) groups is 3. The number of rotatable bonds is 21. The minimum Gasteiger partial charge on any atom is -0.493 e. The Balaban J connectivity index is 1.01. The van der Waals surface area contributed by atoms with Gasteiger partial charge in [0, 0.05) is 38.8 Å². The molecule has 0 saturated heterocycles. The summed E-state index contributed by atoms with van der Waals surface area (Å²) in [6, 6.07) is 2.66. The molecule has 1 aromatic rings. The molecule has 4 aliphatic carbocycles. The van der Waals surface area contributed by atoms with Crippen LogP contribution in [0.15, 0.2) is 23.8 Å². The van der Waals surface area contributed by atoms with Crippen LogP contribution in [-0.4, -0.2) is 55.8 Å². The number of nitro groups is 1. The summed E-state index contributed by atoms with van der Waals surface area (Å²) >= 11 is 0. The third-order valence-electron chi connectivity index (χ3n) is 15.0. The normalized spacial score (nSPS) is 27.5. The van der Waals surface area contributed by atoms with Gasteiger partial charge in [-0.3, -0.25) is 19.7 Å². The lowest BCUT2D eigenvalue weighted by molar-refractivity contribution is -0.386. The molecule has 0 aliphatic heterocycles. The second-order valence-corrected chi connectivity index (χ2v) is 19.3. The third kappa shape index (κ3) is 11.8. The average molecular weight is 848 g/mol. The SMILES string of the molecule is C#CCCCC(=O)OC(C)c1cc(OC)c(OCCCC(=O)NCCNC(=O)O[C@H]2CC[C@@]3(C)C(=CC[C@H]4[C@@H]5CC[C@H]([C@H](C)CCCC(C)C)[C@@]5(C)CC[C@@H]43)C2)cc1[N+](=O)[O-]. The molecule has 5 rings (SSSR count). The summed E-state index contributed by atoms with van der Waals surface area (Å²) in [7, 11) is 1.41. The van der Waals surface area contributed by atoms with E-state index in [2.05, 4.69) is 57.2 Å². The van der Waals surface area contributed by atoms with Gasteiger partial charge in [-0.25, -0.2) is 4.79 Å². The molecule has 0 spiro atoms. The van der Waals surface area contributed by atoms with Gasteiger partial charge in [-0.05, 0) is 117 Å². The second-order valence-electron chi connectivity index (χ2n) is 19.3. The molecule has 9 atom stereocenters. The Morgan fingerprint density at radius 3 is 2.44 bits per heavy atom. The number of carbonyl (C=O) groups excluding carboxylic acids is 3. The highest BCUT2D eigenvalue weighted by molar-refractivity contribution is 5.76. The molecule has 2 N–H and O–H groups in total. The van der Waals surface area contributed by atoms with E-state index >= 15 is 0 Å². The highest BCUT2D eigenvalue weighted by Crippen LogP contribution is 2.67. The summed E-state index contributed by atoms with van der Waals surface area (Å²) in [4.78, 5) is 48.9. The van der Waals surface area contributed by atoms with Gasteiger partial charge in [0.2, 0.25) is 5.91 Å². The zero-order valence-corrected chi connectivity index (χ0v) is 38.0. The van der Waals surface area contributed by atoms with Gasteiger partial charge in [0.25, 0.3) is 5.69 Å². The maximum Gasteiger partial charge on any atom is 0.407 e. The van der Waals surface area contributed by atoms with Crippen molar-refractivity contribution in [2.75, 3.05) is 26.8 Å². The summed E-state index contributed by atoms with van der Waals surface area (Å²) < 4.78 is 22.5. The van der Waals surface area contributed by atoms with Crippen LogP contribution in [0.25, 0.3) is 0 Å². The number of nitrogens with zero attached hydrogens (tertiary/aromatic N) is 1. The minimum absolute atomic E-state index is 0.0984. The van der Waals surface area contributed by atoms with E-state index in [0.717, 1.165) is 55.3 Å². The lowest BCUT2D eigenvalue weighted by Gasteiger charge is -2.58. The number of hydrogen-bond donors (Lipinski definition) is 2. The van der Waals surface area contributed by atoms with Crippen molar-refractivity contribution in [3.8, 4) is 23.8 Å². The first-order valence-corrected chi connectivity index (χ1v) is 23.1. The van der Waals surface area contributed by atoms with Crippen molar-refractivity contribution in [2.45, 2.75) is 156 Å². The van der Waals surface area contributed by atoms with Crippen LogP contribution < -0.4 is 20.1 Å². The van der Waals surface area contributed by atoms with Crippen molar-refractivity contribution in [2.24, 2.45) is 46.3 Å². The van der Waals surface area contributed by atoms with Gasteiger partial charge in [0.05, 0.1) is 30.3 Å². The van der Waals surface area contributed by atoms with Crippen LogP contribution in [0.3, 0.4) is 0 Å². The van der Waals surface area contributed by atoms with E-state index in [1.807, 2.05) is 0 Å². The van der Waals surface area contributed by atoms with E-state index in [-0.39, 0.29) is 72.7 Å². The summed E-state index contributed by atoms with van der Waals surface area (Å²) in [5.41, 5.74) is 2.02. The molecule has 61 heavy (non-hydrogen) atoms. The molecule has 0 heterocycles. The summed E-state index contributed by atoms with van der Waals surface area (Å²) in [6.07, 6.45) is 21.1. The number of fused-ring (bicyclic) bond motifs is 5. The topological polar surface area (TPSA) is 155 Å². The number of terminal acetylenes is 1. The van der Waals surface area contributed by atoms with Crippen molar-refractivity contribution in [1.29, 1.82) is 0 Å². The number of hydrogen-bond acceptors (Lipinski definition) is 9. The molecule has 12 nitrogen and oxygen atoms in total. The second kappa shape index (κ2) is 21.7. The van der Waals surface area contributed by atoms with Gasteiger partial charge in [-0.15, -0.1) is 12.3 Å². The number of alkyl carbamates (subject to hydrolysis) is 1. The Hall–Kier alpha value is -4.27. The van der Waals surface area contributed by atoms with Gasteiger partial charge in [0.15, 0.2) is 11.5 Å². The Morgan fingerprint density at radius 2 is 1.72 bits per heavy atom. The molecular weight excluding hydrogens is 775 g/mol. The molecule has 338 valence electrons. The smallest absolute Gasteiger partial charge is 0.407 e. The number of amides is 2. The number of methoxy groups -OCH3 is 1.